The lowest BCUT2D eigenvalue weighted by Gasteiger charge is -2.17. The second kappa shape index (κ2) is 9.13. The van der Waals surface area contributed by atoms with E-state index < -0.39 is 12.0 Å². The number of nitrogens with one attached hydrogen (secondary N) is 1. The maximum absolute atomic E-state index is 12.0. The van der Waals surface area contributed by atoms with E-state index in [4.69, 9.17) is 0 Å². The summed E-state index contributed by atoms with van der Waals surface area (Å²) in [6.45, 7) is 4.73. The Bertz CT molecular complexity index is 474. The molecule has 0 saturated carbocycles. The summed E-state index contributed by atoms with van der Waals surface area (Å²) in [7, 11) is 0. The van der Waals surface area contributed by atoms with Crippen molar-refractivity contribution in [1.29, 1.82) is 0 Å². The number of aryl methyl sites for hydroxylation is 1. The molecule has 1 atom stereocenters. The molecule has 5 nitrogen and oxygen atoms in total. The van der Waals surface area contributed by atoms with Gasteiger partial charge in [-0.25, -0.2) is 0 Å². The van der Waals surface area contributed by atoms with Crippen LogP contribution in [0.1, 0.15) is 38.7 Å². The Morgan fingerprint density at radius 1 is 1.29 bits per heavy atom. The van der Waals surface area contributed by atoms with Crippen molar-refractivity contribution >= 4 is 17.6 Å². The summed E-state index contributed by atoms with van der Waals surface area (Å²) in [5.41, 5.74) is 1.78. The minimum absolute atomic E-state index is 0.0793. The van der Waals surface area contributed by atoms with Crippen molar-refractivity contribution in [3.63, 3.8) is 0 Å². The third kappa shape index (κ3) is 5.95. The molecule has 0 fully saturated rings. The predicted octanol–water partition coefficient (Wildman–Crippen LogP) is 0.0596. The topological polar surface area (TPSA) is 85.8 Å². The number of quaternary nitrogens is 1. The van der Waals surface area contributed by atoms with E-state index >= 15 is 0 Å². The molecule has 0 spiro atoms. The van der Waals surface area contributed by atoms with E-state index in [1.807, 2.05) is 38.1 Å². The molecular formula is C16H24N2O3. The number of hydrogen-bond acceptors (Lipinski definition) is 3. The van der Waals surface area contributed by atoms with Crippen molar-refractivity contribution in [3.8, 4) is 0 Å². The largest absolute Gasteiger partial charge is 0.544 e. The molecule has 1 amide bonds. The standard InChI is InChI=1S/C16H24N2O3/c1-3-5-10-17-14(16(20)21)11-15(19)18-13-9-7-6-8-12(13)4-2/h6-9,14,17H,3-5,10-11H2,1-2H3,(H,18,19)(H,20,21)/t14-/m1/s1. The van der Waals surface area contributed by atoms with Gasteiger partial charge in [-0.2, -0.15) is 0 Å². The molecule has 5 heteroatoms. The van der Waals surface area contributed by atoms with E-state index in [1.54, 1.807) is 5.32 Å². The van der Waals surface area contributed by atoms with E-state index in [2.05, 4.69) is 5.32 Å². The number of rotatable bonds is 9. The summed E-state index contributed by atoms with van der Waals surface area (Å²) >= 11 is 0. The molecule has 1 aromatic rings. The fourth-order valence-corrected chi connectivity index (χ4v) is 2.14. The molecule has 21 heavy (non-hydrogen) atoms. The van der Waals surface area contributed by atoms with Crippen LogP contribution in [-0.4, -0.2) is 24.5 Å². The van der Waals surface area contributed by atoms with Crippen molar-refractivity contribution in [2.75, 3.05) is 11.9 Å². The minimum Gasteiger partial charge on any atom is -0.544 e. The fourth-order valence-electron chi connectivity index (χ4n) is 2.14. The Hall–Kier alpha value is -1.88. The molecule has 0 unspecified atom stereocenters. The number of nitrogens with two attached hydrogens (primary N) is 1. The van der Waals surface area contributed by atoms with Gasteiger partial charge in [-0.3, -0.25) is 4.79 Å². The average molecular weight is 292 g/mol. The number of aliphatic carboxylic acids is 1. The summed E-state index contributed by atoms with van der Waals surface area (Å²) in [6.07, 6.45) is 2.64. The summed E-state index contributed by atoms with van der Waals surface area (Å²) in [5, 5.41) is 15.5. The van der Waals surface area contributed by atoms with Gasteiger partial charge in [0.15, 0.2) is 0 Å². The first-order valence-corrected chi connectivity index (χ1v) is 7.50. The van der Waals surface area contributed by atoms with E-state index in [9.17, 15) is 14.7 Å². The highest BCUT2D eigenvalue weighted by Gasteiger charge is 2.18. The number of unbranched alkanes of at least 4 members (excludes halogenated alkanes) is 1. The average Bonchev–Trinajstić information content (AvgIpc) is 2.46. The Labute approximate surface area is 125 Å². The van der Waals surface area contributed by atoms with Crippen LogP contribution in [0.5, 0.6) is 0 Å². The van der Waals surface area contributed by atoms with Gasteiger partial charge < -0.3 is 20.5 Å². The number of carboxylic acids is 1. The maximum atomic E-state index is 12.0. The zero-order chi connectivity index (χ0) is 15.7. The first kappa shape index (κ1) is 17.2. The Kier molecular flexibility index (Phi) is 7.46. The molecule has 0 radical (unpaired) electrons. The molecule has 1 rings (SSSR count). The number of carbonyl (C=O) groups excluding carboxylic acids is 2. The Morgan fingerprint density at radius 2 is 2.00 bits per heavy atom. The lowest BCUT2D eigenvalue weighted by Crippen LogP contribution is -2.93. The van der Waals surface area contributed by atoms with Crippen molar-refractivity contribution < 1.29 is 20.0 Å². The van der Waals surface area contributed by atoms with Crippen molar-refractivity contribution in [3.05, 3.63) is 29.8 Å². The number of amides is 1. The second-order valence-corrected chi connectivity index (χ2v) is 5.07. The van der Waals surface area contributed by atoms with Gasteiger partial charge in [0.1, 0.15) is 6.04 Å². The highest BCUT2D eigenvalue weighted by Crippen LogP contribution is 2.15. The van der Waals surface area contributed by atoms with Crippen molar-refractivity contribution in [1.82, 2.24) is 0 Å². The third-order valence-corrected chi connectivity index (χ3v) is 3.39. The van der Waals surface area contributed by atoms with Crippen LogP contribution in [0, 0.1) is 0 Å². The monoisotopic (exact) mass is 292 g/mol. The van der Waals surface area contributed by atoms with Crippen LogP contribution in [0.25, 0.3) is 0 Å². The highest BCUT2D eigenvalue weighted by molar-refractivity contribution is 5.93. The summed E-state index contributed by atoms with van der Waals surface area (Å²) in [6, 6.07) is 6.70. The van der Waals surface area contributed by atoms with E-state index in [1.165, 1.54) is 0 Å². The van der Waals surface area contributed by atoms with Crippen LogP contribution in [0.3, 0.4) is 0 Å². The number of para-hydroxylation sites is 1. The number of anilines is 1. The van der Waals surface area contributed by atoms with Gasteiger partial charge in [0.2, 0.25) is 5.91 Å². The fraction of sp³-hybridized carbons (Fsp3) is 0.500. The molecule has 0 aliphatic heterocycles. The quantitative estimate of drug-likeness (QED) is 0.631. The van der Waals surface area contributed by atoms with Crippen LogP contribution in [0.15, 0.2) is 24.3 Å². The van der Waals surface area contributed by atoms with Gasteiger partial charge in [-0.15, -0.1) is 0 Å². The molecule has 0 bridgehead atoms. The maximum Gasteiger partial charge on any atom is 0.230 e. The van der Waals surface area contributed by atoms with Crippen LogP contribution < -0.4 is 15.7 Å². The molecule has 1 aromatic carbocycles. The predicted molar refractivity (Wildman–Crippen MR) is 79.6 cm³/mol. The highest BCUT2D eigenvalue weighted by atomic mass is 16.4. The zero-order valence-corrected chi connectivity index (χ0v) is 12.7. The molecule has 3 N–H and O–H groups in total. The number of carboxylic acid groups (broad SMARTS) is 1. The van der Waals surface area contributed by atoms with Crippen LogP contribution in [0.4, 0.5) is 5.69 Å². The van der Waals surface area contributed by atoms with Gasteiger partial charge in [-0.05, 0) is 24.5 Å². The molecular weight excluding hydrogens is 268 g/mol. The molecule has 0 heterocycles. The first-order valence-electron chi connectivity index (χ1n) is 7.50. The zero-order valence-electron chi connectivity index (χ0n) is 12.7. The lowest BCUT2D eigenvalue weighted by molar-refractivity contribution is -0.682. The number of hydrogen-bond donors (Lipinski definition) is 2. The van der Waals surface area contributed by atoms with E-state index in [0.29, 0.717) is 6.54 Å². The normalized spacial score (nSPS) is 11.9. The molecule has 0 aromatic heterocycles. The molecule has 0 saturated heterocycles. The first-order chi connectivity index (χ1) is 10.1. The summed E-state index contributed by atoms with van der Waals surface area (Å²) < 4.78 is 0. The Balaban J connectivity index is 2.59. The van der Waals surface area contributed by atoms with Gasteiger partial charge >= 0.3 is 0 Å². The van der Waals surface area contributed by atoms with Gasteiger partial charge in [0.25, 0.3) is 0 Å². The van der Waals surface area contributed by atoms with Crippen LogP contribution >= 0.6 is 0 Å². The third-order valence-electron chi connectivity index (χ3n) is 3.39. The SMILES string of the molecule is CCCC[NH2+][C@H](CC(=O)Nc1ccccc1CC)C(=O)[O-]. The van der Waals surface area contributed by atoms with Gasteiger partial charge in [0, 0.05) is 5.69 Å². The van der Waals surface area contributed by atoms with E-state index in [-0.39, 0.29) is 12.3 Å². The number of carbonyl (C=O) groups is 2. The minimum atomic E-state index is -1.19. The lowest BCUT2D eigenvalue weighted by atomic mass is 10.1. The number of benzene rings is 1. The molecule has 0 aliphatic rings. The Morgan fingerprint density at radius 3 is 2.62 bits per heavy atom. The second-order valence-electron chi connectivity index (χ2n) is 5.07. The van der Waals surface area contributed by atoms with Crippen LogP contribution in [-0.2, 0) is 16.0 Å². The van der Waals surface area contributed by atoms with Crippen molar-refractivity contribution in [2.24, 2.45) is 0 Å². The van der Waals surface area contributed by atoms with Gasteiger partial charge in [-0.1, -0.05) is 38.5 Å². The van der Waals surface area contributed by atoms with E-state index in [0.717, 1.165) is 30.5 Å². The van der Waals surface area contributed by atoms with Crippen molar-refractivity contribution in [2.45, 2.75) is 45.6 Å². The van der Waals surface area contributed by atoms with Crippen LogP contribution in [0.2, 0.25) is 0 Å². The summed E-state index contributed by atoms with van der Waals surface area (Å²) in [5.74, 6) is -1.48. The summed E-state index contributed by atoms with van der Waals surface area (Å²) in [4.78, 5) is 23.1. The smallest absolute Gasteiger partial charge is 0.230 e. The van der Waals surface area contributed by atoms with Gasteiger partial charge in [0.05, 0.1) is 18.9 Å². The molecule has 0 aliphatic carbocycles. The molecule has 116 valence electrons.